The van der Waals surface area contributed by atoms with Crippen LogP contribution < -0.4 is 0 Å². The first-order valence-corrected chi connectivity index (χ1v) is 7.32. The van der Waals surface area contributed by atoms with Crippen molar-refractivity contribution in [2.45, 2.75) is 60.0 Å². The SMILES string of the molecule is C=C(S)C(C)(C)C(C(C)C)N(C)C(C)CC=CC. The van der Waals surface area contributed by atoms with Crippen molar-refractivity contribution in [1.29, 1.82) is 0 Å². The Morgan fingerprint density at radius 1 is 1.33 bits per heavy atom. The molecule has 0 spiro atoms. The Morgan fingerprint density at radius 2 is 1.83 bits per heavy atom. The second kappa shape index (κ2) is 7.40. The summed E-state index contributed by atoms with van der Waals surface area (Å²) in [6, 6.07) is 0.975. The van der Waals surface area contributed by atoms with Gasteiger partial charge in [-0.15, -0.1) is 12.6 Å². The fourth-order valence-corrected chi connectivity index (χ4v) is 2.89. The molecule has 0 aliphatic rings. The highest BCUT2D eigenvalue weighted by Gasteiger charge is 2.37. The zero-order chi connectivity index (χ0) is 14.5. The smallest absolute Gasteiger partial charge is 0.0214 e. The van der Waals surface area contributed by atoms with Crippen LogP contribution in [0.3, 0.4) is 0 Å². The molecule has 0 bridgehead atoms. The van der Waals surface area contributed by atoms with Crippen LogP contribution in [0.15, 0.2) is 23.6 Å². The lowest BCUT2D eigenvalue weighted by atomic mass is 9.77. The Bertz CT molecular complexity index is 291. The Labute approximate surface area is 120 Å². The molecule has 0 heterocycles. The summed E-state index contributed by atoms with van der Waals surface area (Å²) >= 11 is 4.51. The third-order valence-electron chi connectivity index (χ3n) is 3.96. The van der Waals surface area contributed by atoms with Gasteiger partial charge in [-0.05, 0) is 38.1 Å². The van der Waals surface area contributed by atoms with Crippen LogP contribution >= 0.6 is 12.6 Å². The Kier molecular flexibility index (Phi) is 7.31. The molecule has 0 saturated heterocycles. The Morgan fingerprint density at radius 3 is 2.17 bits per heavy atom. The van der Waals surface area contributed by atoms with Crippen molar-refractivity contribution in [1.82, 2.24) is 4.90 Å². The number of hydrogen-bond acceptors (Lipinski definition) is 2. The van der Waals surface area contributed by atoms with E-state index in [-0.39, 0.29) is 5.41 Å². The molecule has 0 amide bonds. The molecule has 18 heavy (non-hydrogen) atoms. The van der Waals surface area contributed by atoms with Gasteiger partial charge in [0, 0.05) is 17.5 Å². The van der Waals surface area contributed by atoms with Gasteiger partial charge in [0.25, 0.3) is 0 Å². The average Bonchev–Trinajstić information content (AvgIpc) is 2.24. The molecule has 0 fully saturated rings. The van der Waals surface area contributed by atoms with Crippen LogP contribution in [-0.4, -0.2) is 24.0 Å². The number of hydrogen-bond donors (Lipinski definition) is 1. The van der Waals surface area contributed by atoms with Gasteiger partial charge in [-0.3, -0.25) is 4.90 Å². The standard InChI is InChI=1S/C16H31NS/c1-9-10-11-13(4)17(8)15(12(2)3)16(6,7)14(5)18/h9-10,12-13,15,18H,5,11H2,1-4,6-8H3. The number of thiol groups is 1. The van der Waals surface area contributed by atoms with Gasteiger partial charge in [-0.2, -0.15) is 0 Å². The zero-order valence-electron chi connectivity index (χ0n) is 13.2. The molecule has 0 radical (unpaired) electrons. The lowest BCUT2D eigenvalue weighted by Gasteiger charge is -2.45. The molecule has 106 valence electrons. The molecule has 0 aliphatic heterocycles. The highest BCUT2D eigenvalue weighted by molar-refractivity contribution is 7.84. The molecular weight excluding hydrogens is 238 g/mol. The Hall–Kier alpha value is -0.210. The van der Waals surface area contributed by atoms with Crippen molar-refractivity contribution < 1.29 is 0 Å². The lowest BCUT2D eigenvalue weighted by Crippen LogP contribution is -2.50. The maximum absolute atomic E-state index is 4.51. The van der Waals surface area contributed by atoms with E-state index in [0.29, 0.717) is 18.0 Å². The quantitative estimate of drug-likeness (QED) is 0.515. The number of rotatable bonds is 7. The van der Waals surface area contributed by atoms with Gasteiger partial charge in [-0.25, -0.2) is 0 Å². The summed E-state index contributed by atoms with van der Waals surface area (Å²) in [6.45, 7) is 17.5. The van der Waals surface area contributed by atoms with Crippen molar-refractivity contribution in [2.24, 2.45) is 11.3 Å². The molecule has 2 atom stereocenters. The van der Waals surface area contributed by atoms with Gasteiger partial charge in [-0.1, -0.05) is 46.4 Å². The fraction of sp³-hybridized carbons (Fsp3) is 0.750. The van der Waals surface area contributed by atoms with Crippen LogP contribution in [0.1, 0.15) is 48.0 Å². The third kappa shape index (κ3) is 4.47. The van der Waals surface area contributed by atoms with Crippen molar-refractivity contribution in [2.75, 3.05) is 7.05 Å². The topological polar surface area (TPSA) is 3.24 Å². The first kappa shape index (κ1) is 17.8. The molecule has 0 aromatic heterocycles. The van der Waals surface area contributed by atoms with Gasteiger partial charge < -0.3 is 0 Å². The second-order valence-electron chi connectivity index (χ2n) is 6.18. The summed E-state index contributed by atoms with van der Waals surface area (Å²) in [5, 5.41) is 0. The van der Waals surface area contributed by atoms with Crippen LogP contribution in [0, 0.1) is 11.3 Å². The van der Waals surface area contributed by atoms with E-state index in [4.69, 9.17) is 0 Å². The van der Waals surface area contributed by atoms with E-state index in [1.165, 1.54) is 0 Å². The summed E-state index contributed by atoms with van der Waals surface area (Å²) in [6.07, 6.45) is 5.45. The van der Waals surface area contributed by atoms with E-state index in [0.717, 1.165) is 11.3 Å². The molecule has 0 saturated carbocycles. The number of nitrogens with zero attached hydrogens (tertiary/aromatic N) is 1. The third-order valence-corrected chi connectivity index (χ3v) is 4.54. The van der Waals surface area contributed by atoms with Gasteiger partial charge in [0.1, 0.15) is 0 Å². The first-order chi connectivity index (χ1) is 8.16. The van der Waals surface area contributed by atoms with Crippen molar-refractivity contribution in [3.63, 3.8) is 0 Å². The molecule has 1 nitrogen and oxygen atoms in total. The summed E-state index contributed by atoms with van der Waals surface area (Å²) in [7, 11) is 2.22. The van der Waals surface area contributed by atoms with Gasteiger partial charge in [0.15, 0.2) is 0 Å². The zero-order valence-corrected chi connectivity index (χ0v) is 14.1. The minimum absolute atomic E-state index is 0.0101. The van der Waals surface area contributed by atoms with E-state index >= 15 is 0 Å². The van der Waals surface area contributed by atoms with Crippen LogP contribution in [0.4, 0.5) is 0 Å². The van der Waals surface area contributed by atoms with Gasteiger partial charge >= 0.3 is 0 Å². The summed E-state index contributed by atoms with van der Waals surface area (Å²) < 4.78 is 0. The van der Waals surface area contributed by atoms with E-state index in [1.54, 1.807) is 0 Å². The molecule has 0 N–H and O–H groups in total. The Balaban J connectivity index is 5.07. The molecule has 0 rings (SSSR count). The summed E-state index contributed by atoms with van der Waals surface area (Å²) in [5.74, 6) is 0.571. The lowest BCUT2D eigenvalue weighted by molar-refractivity contribution is 0.0708. The number of allylic oxidation sites excluding steroid dienone is 1. The van der Waals surface area contributed by atoms with Crippen LogP contribution in [-0.2, 0) is 0 Å². The van der Waals surface area contributed by atoms with Gasteiger partial charge in [0.2, 0.25) is 0 Å². The maximum atomic E-state index is 4.51. The van der Waals surface area contributed by atoms with Crippen molar-refractivity contribution >= 4 is 12.6 Å². The predicted octanol–water partition coefficient (Wildman–Crippen LogP) is 4.77. The molecule has 0 aromatic carbocycles. The fourth-order valence-electron chi connectivity index (χ4n) is 2.76. The largest absolute Gasteiger partial charge is 0.299 e. The van der Waals surface area contributed by atoms with Crippen molar-refractivity contribution in [3.05, 3.63) is 23.6 Å². The molecule has 2 unspecified atom stereocenters. The molecule has 0 aliphatic carbocycles. The highest BCUT2D eigenvalue weighted by atomic mass is 32.1. The second-order valence-corrected chi connectivity index (χ2v) is 6.72. The van der Waals surface area contributed by atoms with E-state index in [1.807, 2.05) is 0 Å². The maximum Gasteiger partial charge on any atom is 0.0214 e. The molecule has 2 heteroatoms. The van der Waals surface area contributed by atoms with Gasteiger partial charge in [0.05, 0.1) is 0 Å². The van der Waals surface area contributed by atoms with E-state index in [2.05, 4.69) is 84.8 Å². The normalized spacial score (nSPS) is 16.6. The summed E-state index contributed by atoms with van der Waals surface area (Å²) in [5.41, 5.74) is 0.0101. The monoisotopic (exact) mass is 269 g/mol. The minimum atomic E-state index is 0.0101. The molecular formula is C16H31NS. The average molecular weight is 269 g/mol. The van der Waals surface area contributed by atoms with Crippen LogP contribution in [0.2, 0.25) is 0 Å². The first-order valence-electron chi connectivity index (χ1n) is 6.87. The summed E-state index contributed by atoms with van der Waals surface area (Å²) in [4.78, 5) is 3.44. The van der Waals surface area contributed by atoms with Crippen LogP contribution in [0.25, 0.3) is 0 Å². The van der Waals surface area contributed by atoms with E-state index < -0.39 is 0 Å². The van der Waals surface area contributed by atoms with Crippen molar-refractivity contribution in [3.8, 4) is 0 Å². The predicted molar refractivity (Wildman–Crippen MR) is 87.2 cm³/mol. The molecule has 0 aromatic rings. The highest BCUT2D eigenvalue weighted by Crippen LogP contribution is 2.38. The van der Waals surface area contributed by atoms with Crippen LogP contribution in [0.5, 0.6) is 0 Å². The van der Waals surface area contributed by atoms with E-state index in [9.17, 15) is 0 Å². The minimum Gasteiger partial charge on any atom is -0.299 e.